The van der Waals surface area contributed by atoms with Crippen molar-refractivity contribution in [3.63, 3.8) is 0 Å². The first-order valence-corrected chi connectivity index (χ1v) is 14.1. The van der Waals surface area contributed by atoms with E-state index in [1.807, 2.05) is 37.3 Å². The monoisotopic (exact) mass is 520 g/mol. The number of carbonyl (C=O) groups is 1. The summed E-state index contributed by atoms with van der Waals surface area (Å²) in [6, 6.07) is 17.1. The molecule has 3 N–H and O–H groups in total. The summed E-state index contributed by atoms with van der Waals surface area (Å²) < 4.78 is 27.8. The van der Waals surface area contributed by atoms with E-state index in [-0.39, 0.29) is 17.4 Å². The summed E-state index contributed by atoms with van der Waals surface area (Å²) in [4.78, 5) is 13.5. The van der Waals surface area contributed by atoms with E-state index in [2.05, 4.69) is 12.2 Å². The van der Waals surface area contributed by atoms with Crippen molar-refractivity contribution < 1.29 is 23.4 Å². The van der Waals surface area contributed by atoms with Gasteiger partial charge >= 0.3 is 0 Å². The third-order valence-electron chi connectivity index (χ3n) is 7.63. The smallest absolute Gasteiger partial charge is 0.243 e. The van der Waals surface area contributed by atoms with Crippen LogP contribution >= 0.6 is 0 Å². The molecular weight excluding hydrogens is 488 g/mol. The van der Waals surface area contributed by atoms with Crippen molar-refractivity contribution in [3.8, 4) is 22.6 Å². The SMILES string of the molecule is Cc1ccc(NC(=O)C2(c3ccc(O)c(O)c3)CC2)cc1-c1ccc(S(=O)(=O)N2CCCC(C)C2)cc1. The Balaban J connectivity index is 1.36. The van der Waals surface area contributed by atoms with Crippen LogP contribution in [0.3, 0.4) is 0 Å². The van der Waals surface area contributed by atoms with E-state index < -0.39 is 15.4 Å². The molecule has 0 aromatic heterocycles. The Labute approximate surface area is 217 Å². The molecule has 2 fully saturated rings. The highest BCUT2D eigenvalue weighted by Crippen LogP contribution is 2.50. The predicted molar refractivity (Wildman–Crippen MR) is 143 cm³/mol. The van der Waals surface area contributed by atoms with Crippen molar-refractivity contribution in [2.24, 2.45) is 5.92 Å². The molecule has 1 aliphatic heterocycles. The standard InChI is InChI=1S/C29H32N2O5S/c1-19-4-3-15-31(18-19)37(35,36)24-10-6-21(7-11-24)25-17-23(9-5-20(25)2)30-28(34)29(13-14-29)22-8-12-26(32)27(33)16-22/h5-12,16-17,19,32-33H,3-4,13-15,18H2,1-2H3,(H,30,34). The molecule has 2 aliphatic rings. The van der Waals surface area contributed by atoms with Crippen molar-refractivity contribution in [2.45, 2.75) is 49.8 Å². The molecule has 37 heavy (non-hydrogen) atoms. The fourth-order valence-corrected chi connectivity index (χ4v) is 6.77. The molecule has 5 rings (SSSR count). The lowest BCUT2D eigenvalue weighted by molar-refractivity contribution is -0.118. The van der Waals surface area contributed by atoms with Gasteiger partial charge in [0.25, 0.3) is 0 Å². The molecule has 3 aromatic carbocycles. The van der Waals surface area contributed by atoms with E-state index in [1.54, 1.807) is 22.5 Å². The maximum absolute atomic E-state index is 13.2. The number of amides is 1. The van der Waals surface area contributed by atoms with Gasteiger partial charge in [-0.3, -0.25) is 4.79 Å². The normalized spacial score (nSPS) is 19.4. The molecule has 0 spiro atoms. The van der Waals surface area contributed by atoms with Crippen LogP contribution in [0.2, 0.25) is 0 Å². The van der Waals surface area contributed by atoms with Crippen LogP contribution in [0, 0.1) is 12.8 Å². The molecule has 1 saturated carbocycles. The predicted octanol–water partition coefficient (Wildman–Crippen LogP) is 5.16. The molecule has 7 nitrogen and oxygen atoms in total. The quantitative estimate of drug-likeness (QED) is 0.389. The van der Waals surface area contributed by atoms with Crippen molar-refractivity contribution in [1.29, 1.82) is 0 Å². The number of anilines is 1. The summed E-state index contributed by atoms with van der Waals surface area (Å²) in [7, 11) is -3.53. The second-order valence-electron chi connectivity index (χ2n) is 10.4. The number of phenolic OH excluding ortho intramolecular Hbond substituents is 2. The summed E-state index contributed by atoms with van der Waals surface area (Å²) in [6.07, 6.45) is 3.25. The van der Waals surface area contributed by atoms with Crippen LogP contribution in [-0.4, -0.2) is 41.9 Å². The van der Waals surface area contributed by atoms with E-state index in [0.717, 1.165) is 29.5 Å². The van der Waals surface area contributed by atoms with E-state index >= 15 is 0 Å². The molecule has 1 heterocycles. The fourth-order valence-electron chi connectivity index (χ4n) is 5.17. The first kappa shape index (κ1) is 25.3. The Kier molecular flexibility index (Phi) is 6.50. The van der Waals surface area contributed by atoms with Gasteiger partial charge in [0, 0.05) is 18.8 Å². The molecule has 1 aliphatic carbocycles. The number of sulfonamides is 1. The van der Waals surface area contributed by atoms with Crippen molar-refractivity contribution in [1.82, 2.24) is 4.31 Å². The first-order chi connectivity index (χ1) is 17.6. The van der Waals surface area contributed by atoms with Crippen LogP contribution in [0.5, 0.6) is 11.5 Å². The summed E-state index contributed by atoms with van der Waals surface area (Å²) in [5, 5.41) is 22.5. The summed E-state index contributed by atoms with van der Waals surface area (Å²) in [5.41, 5.74) is 3.36. The van der Waals surface area contributed by atoms with Gasteiger partial charge in [0.1, 0.15) is 0 Å². The number of aromatic hydroxyl groups is 2. The number of nitrogens with one attached hydrogen (secondary N) is 1. The number of hydrogen-bond acceptors (Lipinski definition) is 5. The average molecular weight is 521 g/mol. The van der Waals surface area contributed by atoms with Crippen molar-refractivity contribution in [2.75, 3.05) is 18.4 Å². The van der Waals surface area contributed by atoms with E-state index in [1.165, 1.54) is 12.1 Å². The molecule has 0 bridgehead atoms. The number of hydrogen-bond donors (Lipinski definition) is 3. The summed E-state index contributed by atoms with van der Waals surface area (Å²) >= 11 is 0. The molecule has 1 unspecified atom stereocenters. The first-order valence-electron chi connectivity index (χ1n) is 12.7. The Morgan fingerprint density at radius 3 is 2.38 bits per heavy atom. The van der Waals surface area contributed by atoms with Gasteiger partial charge in [0.2, 0.25) is 15.9 Å². The van der Waals surface area contributed by atoms with Crippen molar-refractivity contribution >= 4 is 21.6 Å². The third kappa shape index (κ3) is 4.83. The molecule has 1 saturated heterocycles. The molecule has 0 radical (unpaired) electrons. The fraction of sp³-hybridized carbons (Fsp3) is 0.345. The molecule has 8 heteroatoms. The Morgan fingerprint density at radius 2 is 1.73 bits per heavy atom. The summed E-state index contributed by atoms with van der Waals surface area (Å²) in [6.45, 7) is 5.16. The van der Waals surface area contributed by atoms with Crippen LogP contribution in [0.1, 0.15) is 43.7 Å². The zero-order chi connectivity index (χ0) is 26.4. The lowest BCUT2D eigenvalue weighted by atomic mass is 9.94. The second kappa shape index (κ2) is 9.50. The largest absolute Gasteiger partial charge is 0.504 e. The van der Waals surface area contributed by atoms with E-state index in [4.69, 9.17) is 0 Å². The van der Waals surface area contributed by atoms with E-state index in [0.29, 0.717) is 48.0 Å². The molecule has 194 valence electrons. The Hall–Kier alpha value is -3.36. The topological polar surface area (TPSA) is 107 Å². The van der Waals surface area contributed by atoms with Gasteiger partial charge < -0.3 is 15.5 Å². The minimum Gasteiger partial charge on any atom is -0.504 e. The van der Waals surface area contributed by atoms with Gasteiger partial charge in [-0.1, -0.05) is 31.2 Å². The zero-order valence-corrected chi connectivity index (χ0v) is 21.9. The van der Waals surface area contributed by atoms with Gasteiger partial charge in [-0.25, -0.2) is 8.42 Å². The Bertz CT molecular complexity index is 1450. The minimum absolute atomic E-state index is 0.162. The maximum Gasteiger partial charge on any atom is 0.243 e. The molecule has 3 aromatic rings. The van der Waals surface area contributed by atoms with Crippen molar-refractivity contribution in [3.05, 3.63) is 71.8 Å². The highest BCUT2D eigenvalue weighted by Gasteiger charge is 2.51. The lowest BCUT2D eigenvalue weighted by Gasteiger charge is -2.30. The van der Waals surface area contributed by atoms with Gasteiger partial charge in [0.15, 0.2) is 11.5 Å². The number of carbonyl (C=O) groups excluding carboxylic acids is 1. The zero-order valence-electron chi connectivity index (χ0n) is 21.1. The number of rotatable bonds is 6. The van der Waals surface area contributed by atoms with Gasteiger partial charge in [0.05, 0.1) is 10.3 Å². The van der Waals surface area contributed by atoms with Crippen LogP contribution in [-0.2, 0) is 20.2 Å². The molecule has 1 atom stereocenters. The van der Waals surface area contributed by atoms with Crippen LogP contribution in [0.4, 0.5) is 5.69 Å². The van der Waals surface area contributed by atoms with Crippen LogP contribution in [0.15, 0.2) is 65.6 Å². The van der Waals surface area contributed by atoms with Crippen LogP contribution in [0.25, 0.3) is 11.1 Å². The second-order valence-corrected chi connectivity index (χ2v) is 12.3. The van der Waals surface area contributed by atoms with Gasteiger partial charge in [-0.05, 0) is 97.2 Å². The summed E-state index contributed by atoms with van der Waals surface area (Å²) in [5.74, 6) is -0.260. The average Bonchev–Trinajstić information content (AvgIpc) is 3.69. The lowest BCUT2D eigenvalue weighted by Crippen LogP contribution is -2.39. The number of aryl methyl sites for hydroxylation is 1. The third-order valence-corrected chi connectivity index (χ3v) is 9.51. The maximum atomic E-state index is 13.2. The number of piperidine rings is 1. The van der Waals surface area contributed by atoms with E-state index in [9.17, 15) is 23.4 Å². The number of phenols is 2. The number of nitrogens with zero attached hydrogens (tertiary/aromatic N) is 1. The highest BCUT2D eigenvalue weighted by atomic mass is 32.2. The van der Waals surface area contributed by atoms with Gasteiger partial charge in [-0.15, -0.1) is 0 Å². The molecule has 1 amide bonds. The highest BCUT2D eigenvalue weighted by molar-refractivity contribution is 7.89. The van der Waals surface area contributed by atoms with Crippen LogP contribution < -0.4 is 5.32 Å². The minimum atomic E-state index is -3.53. The molecular formula is C29H32N2O5S. The van der Waals surface area contributed by atoms with Gasteiger partial charge in [-0.2, -0.15) is 4.31 Å². The Morgan fingerprint density at radius 1 is 1.00 bits per heavy atom. The number of benzene rings is 3.